The lowest BCUT2D eigenvalue weighted by molar-refractivity contribution is 0.0600. The molecular weight excluding hydrogens is 282 g/mol. The van der Waals surface area contributed by atoms with E-state index in [-0.39, 0.29) is 12.3 Å². The van der Waals surface area contributed by atoms with E-state index in [4.69, 9.17) is 0 Å². The van der Waals surface area contributed by atoms with Crippen molar-refractivity contribution >= 4 is 16.0 Å². The largest absolute Gasteiger partial charge is 0.465 e. The highest BCUT2D eigenvalue weighted by Gasteiger charge is 2.30. The molecular formula is C13H17NO5S. The van der Waals surface area contributed by atoms with Crippen molar-refractivity contribution in [3.05, 3.63) is 35.4 Å². The molecule has 0 bridgehead atoms. The Kier molecular flexibility index (Phi) is 4.42. The Hall–Kier alpha value is -1.44. The average molecular weight is 299 g/mol. The van der Waals surface area contributed by atoms with Crippen LogP contribution in [-0.2, 0) is 20.5 Å². The molecule has 0 aliphatic carbocycles. The van der Waals surface area contributed by atoms with Gasteiger partial charge in [0.25, 0.3) is 0 Å². The Labute approximate surface area is 118 Å². The van der Waals surface area contributed by atoms with Crippen LogP contribution in [0.3, 0.4) is 0 Å². The average Bonchev–Trinajstić information content (AvgIpc) is 2.86. The molecule has 0 radical (unpaired) electrons. The van der Waals surface area contributed by atoms with Crippen LogP contribution in [0.4, 0.5) is 0 Å². The Balaban J connectivity index is 2.08. The number of sulfonamides is 1. The number of β-amino-alcohol motifs (C(OH)–C–C–N with tert-alkyl or cyclic N) is 1. The third-order valence-electron chi connectivity index (χ3n) is 3.24. The number of hydrogen-bond acceptors (Lipinski definition) is 5. The molecule has 0 saturated carbocycles. The van der Waals surface area contributed by atoms with Crippen LogP contribution in [0.5, 0.6) is 0 Å². The lowest BCUT2D eigenvalue weighted by Gasteiger charge is -2.15. The summed E-state index contributed by atoms with van der Waals surface area (Å²) in [4.78, 5) is 11.3. The summed E-state index contributed by atoms with van der Waals surface area (Å²) >= 11 is 0. The molecule has 1 fully saturated rings. The normalized spacial score (nSPS) is 20.0. The van der Waals surface area contributed by atoms with Crippen LogP contribution in [0, 0.1) is 0 Å². The second-order valence-corrected chi connectivity index (χ2v) is 6.71. The summed E-state index contributed by atoms with van der Waals surface area (Å²) in [5.74, 6) is -0.594. The van der Waals surface area contributed by atoms with Crippen LogP contribution in [0.2, 0.25) is 0 Å². The fraction of sp³-hybridized carbons (Fsp3) is 0.462. The molecule has 6 nitrogen and oxygen atoms in total. The maximum atomic E-state index is 12.1. The summed E-state index contributed by atoms with van der Waals surface area (Å²) in [6, 6.07) is 6.26. The highest BCUT2D eigenvalue weighted by molar-refractivity contribution is 7.88. The number of carbonyl (C=O) groups is 1. The van der Waals surface area contributed by atoms with Crippen LogP contribution in [-0.4, -0.2) is 50.1 Å². The zero-order valence-electron chi connectivity index (χ0n) is 11.2. The quantitative estimate of drug-likeness (QED) is 0.812. The third-order valence-corrected chi connectivity index (χ3v) is 5.06. The van der Waals surface area contributed by atoms with E-state index in [0.717, 1.165) is 0 Å². The molecule has 0 amide bonds. The molecule has 0 spiro atoms. The summed E-state index contributed by atoms with van der Waals surface area (Å²) in [5.41, 5.74) is 0.976. The number of esters is 1. The van der Waals surface area contributed by atoms with Gasteiger partial charge in [0.15, 0.2) is 0 Å². The second-order valence-electron chi connectivity index (χ2n) is 4.75. The van der Waals surface area contributed by atoms with Crippen molar-refractivity contribution in [3.63, 3.8) is 0 Å². The lowest BCUT2D eigenvalue weighted by atomic mass is 10.1. The van der Waals surface area contributed by atoms with Crippen LogP contribution in [0.1, 0.15) is 22.3 Å². The second kappa shape index (κ2) is 5.90. The highest BCUT2D eigenvalue weighted by atomic mass is 32.2. The molecule has 1 saturated heterocycles. The van der Waals surface area contributed by atoms with Crippen LogP contribution in [0.25, 0.3) is 0 Å². The van der Waals surface area contributed by atoms with Gasteiger partial charge in [-0.15, -0.1) is 0 Å². The Morgan fingerprint density at radius 3 is 2.55 bits per heavy atom. The first-order valence-electron chi connectivity index (χ1n) is 6.25. The smallest absolute Gasteiger partial charge is 0.337 e. The number of benzene rings is 1. The molecule has 1 aromatic rings. The molecule has 7 heteroatoms. The van der Waals surface area contributed by atoms with Crippen LogP contribution < -0.4 is 0 Å². The summed E-state index contributed by atoms with van der Waals surface area (Å²) in [5, 5.41) is 9.40. The number of aliphatic hydroxyl groups is 1. The molecule has 0 aromatic heterocycles. The standard InChI is InChI=1S/C13H17NO5S/c1-19-13(16)11-4-2-10(3-5-11)9-20(17,18)14-7-6-12(15)8-14/h2-5,12,15H,6-9H2,1H3. The van der Waals surface area contributed by atoms with E-state index in [1.807, 2.05) is 0 Å². The Bertz CT molecular complexity index is 581. The summed E-state index contributed by atoms with van der Waals surface area (Å²) in [6.45, 7) is 0.506. The van der Waals surface area contributed by atoms with E-state index in [2.05, 4.69) is 4.74 Å². The van der Waals surface area contributed by atoms with E-state index >= 15 is 0 Å². The van der Waals surface area contributed by atoms with E-state index in [1.165, 1.54) is 23.5 Å². The van der Waals surface area contributed by atoms with E-state index in [9.17, 15) is 18.3 Å². The predicted molar refractivity (Wildman–Crippen MR) is 72.6 cm³/mol. The molecule has 110 valence electrons. The molecule has 20 heavy (non-hydrogen) atoms. The van der Waals surface area contributed by atoms with Crippen LogP contribution >= 0.6 is 0 Å². The maximum absolute atomic E-state index is 12.1. The van der Waals surface area contributed by atoms with Gasteiger partial charge in [0, 0.05) is 13.1 Å². The van der Waals surface area contributed by atoms with Crippen molar-refractivity contribution in [2.24, 2.45) is 0 Å². The minimum Gasteiger partial charge on any atom is -0.465 e. The minimum absolute atomic E-state index is 0.138. The van der Waals surface area contributed by atoms with Gasteiger partial charge in [0.05, 0.1) is 24.5 Å². The first kappa shape index (κ1) is 15.0. The van der Waals surface area contributed by atoms with Gasteiger partial charge in [-0.1, -0.05) is 12.1 Å². The summed E-state index contributed by atoms with van der Waals surface area (Å²) in [6.07, 6.45) is -0.105. The van der Waals surface area contributed by atoms with Crippen molar-refractivity contribution in [1.82, 2.24) is 4.31 Å². The number of carbonyl (C=O) groups excluding carboxylic acids is 1. The van der Waals surface area contributed by atoms with Crippen molar-refractivity contribution in [1.29, 1.82) is 0 Å². The van der Waals surface area contributed by atoms with Gasteiger partial charge < -0.3 is 9.84 Å². The van der Waals surface area contributed by atoms with Crippen LogP contribution in [0.15, 0.2) is 24.3 Å². The molecule has 2 rings (SSSR count). The van der Waals surface area contributed by atoms with Crippen molar-refractivity contribution in [2.45, 2.75) is 18.3 Å². The van der Waals surface area contributed by atoms with E-state index < -0.39 is 22.1 Å². The van der Waals surface area contributed by atoms with E-state index in [1.54, 1.807) is 12.1 Å². The number of ether oxygens (including phenoxy) is 1. The minimum atomic E-state index is -3.43. The molecule has 1 N–H and O–H groups in total. The topological polar surface area (TPSA) is 83.9 Å². The van der Waals surface area contributed by atoms with Gasteiger partial charge in [-0.05, 0) is 24.1 Å². The third kappa shape index (κ3) is 3.36. The van der Waals surface area contributed by atoms with Gasteiger partial charge in [0.1, 0.15) is 0 Å². The molecule has 1 atom stereocenters. The first-order chi connectivity index (χ1) is 9.42. The predicted octanol–water partition coefficient (Wildman–Crippen LogP) is 0.370. The number of rotatable bonds is 4. The first-order valence-corrected chi connectivity index (χ1v) is 7.86. The van der Waals surface area contributed by atoms with Gasteiger partial charge in [-0.3, -0.25) is 0 Å². The maximum Gasteiger partial charge on any atom is 0.337 e. The highest BCUT2D eigenvalue weighted by Crippen LogP contribution is 2.18. The fourth-order valence-corrected chi connectivity index (χ4v) is 3.70. The zero-order chi connectivity index (χ0) is 14.8. The molecule has 1 unspecified atom stereocenters. The van der Waals surface area contributed by atoms with Gasteiger partial charge in [-0.2, -0.15) is 4.31 Å². The number of methoxy groups -OCH3 is 1. The monoisotopic (exact) mass is 299 g/mol. The van der Waals surface area contributed by atoms with Gasteiger partial charge in [0.2, 0.25) is 10.0 Å². The van der Waals surface area contributed by atoms with E-state index in [0.29, 0.717) is 24.1 Å². The zero-order valence-corrected chi connectivity index (χ0v) is 12.0. The number of hydrogen-bond donors (Lipinski definition) is 1. The Morgan fingerprint density at radius 1 is 1.40 bits per heavy atom. The molecule has 1 heterocycles. The number of nitrogens with zero attached hydrogens (tertiary/aromatic N) is 1. The van der Waals surface area contributed by atoms with Gasteiger partial charge >= 0.3 is 5.97 Å². The summed E-state index contributed by atoms with van der Waals surface area (Å²) in [7, 11) is -2.14. The number of aliphatic hydroxyl groups excluding tert-OH is 1. The molecule has 1 aliphatic heterocycles. The summed E-state index contributed by atoms with van der Waals surface area (Å²) < 4.78 is 30.2. The Morgan fingerprint density at radius 2 is 2.05 bits per heavy atom. The lowest BCUT2D eigenvalue weighted by Crippen LogP contribution is -2.30. The SMILES string of the molecule is COC(=O)c1ccc(CS(=O)(=O)N2CCC(O)C2)cc1. The molecule has 1 aromatic carbocycles. The van der Waals surface area contributed by atoms with Crippen molar-refractivity contribution < 1.29 is 23.1 Å². The fourth-order valence-electron chi connectivity index (χ4n) is 2.12. The van der Waals surface area contributed by atoms with Crippen molar-refractivity contribution in [2.75, 3.05) is 20.2 Å². The molecule has 1 aliphatic rings. The van der Waals surface area contributed by atoms with Gasteiger partial charge in [-0.25, -0.2) is 13.2 Å². The van der Waals surface area contributed by atoms with Crippen molar-refractivity contribution in [3.8, 4) is 0 Å².